The van der Waals surface area contributed by atoms with Crippen LogP contribution in [0.2, 0.25) is 0 Å². The Labute approximate surface area is 113 Å². The van der Waals surface area contributed by atoms with Crippen molar-refractivity contribution in [3.8, 4) is 0 Å². The molecule has 3 aliphatic rings. The summed E-state index contributed by atoms with van der Waals surface area (Å²) in [5, 5.41) is 3.67. The highest BCUT2D eigenvalue weighted by molar-refractivity contribution is 5.03. The van der Waals surface area contributed by atoms with E-state index in [0.29, 0.717) is 5.54 Å². The van der Waals surface area contributed by atoms with E-state index in [0.717, 1.165) is 17.9 Å². The first-order chi connectivity index (χ1) is 8.71. The van der Waals surface area contributed by atoms with Crippen LogP contribution in [0.25, 0.3) is 0 Å². The molecule has 2 nitrogen and oxygen atoms in total. The molecule has 0 unspecified atom stereocenters. The Morgan fingerprint density at radius 2 is 1.83 bits per heavy atom. The van der Waals surface area contributed by atoms with Gasteiger partial charge in [0.05, 0.1) is 0 Å². The van der Waals surface area contributed by atoms with Crippen LogP contribution in [-0.4, -0.2) is 36.1 Å². The van der Waals surface area contributed by atoms with E-state index in [1.54, 1.807) is 0 Å². The van der Waals surface area contributed by atoms with Gasteiger partial charge in [0.25, 0.3) is 0 Å². The summed E-state index contributed by atoms with van der Waals surface area (Å²) in [6.07, 6.45) is 10.2. The first-order valence-corrected chi connectivity index (χ1v) is 8.19. The van der Waals surface area contributed by atoms with Gasteiger partial charge in [-0.3, -0.25) is 4.90 Å². The van der Waals surface area contributed by atoms with Crippen LogP contribution in [0.1, 0.15) is 58.8 Å². The zero-order chi connectivity index (χ0) is 12.6. The van der Waals surface area contributed by atoms with E-state index in [-0.39, 0.29) is 0 Å². The Balaban J connectivity index is 1.65. The monoisotopic (exact) mass is 250 g/mol. The fraction of sp³-hybridized carbons (Fsp3) is 1.00. The van der Waals surface area contributed by atoms with Gasteiger partial charge in [-0.05, 0) is 37.5 Å². The molecular formula is C16H30N2. The molecule has 1 N–H and O–H groups in total. The van der Waals surface area contributed by atoms with Crippen molar-refractivity contribution >= 4 is 0 Å². The van der Waals surface area contributed by atoms with Crippen LogP contribution in [0.5, 0.6) is 0 Å². The molecule has 104 valence electrons. The maximum Gasteiger partial charge on any atom is 0.0337 e. The molecule has 0 aromatic rings. The molecule has 0 atom stereocenters. The number of nitrogens with zero attached hydrogens (tertiary/aromatic N) is 1. The summed E-state index contributed by atoms with van der Waals surface area (Å²) in [7, 11) is 0. The summed E-state index contributed by atoms with van der Waals surface area (Å²) in [5.41, 5.74) is 0.545. The summed E-state index contributed by atoms with van der Waals surface area (Å²) >= 11 is 0. The summed E-state index contributed by atoms with van der Waals surface area (Å²) in [6, 6.07) is 0.914. The van der Waals surface area contributed by atoms with Gasteiger partial charge in [0, 0.05) is 31.2 Å². The highest BCUT2D eigenvalue weighted by Crippen LogP contribution is 2.43. The second kappa shape index (κ2) is 5.13. The molecule has 2 aliphatic carbocycles. The predicted octanol–water partition coefficient (Wildman–Crippen LogP) is 3.03. The molecule has 1 saturated heterocycles. The molecule has 1 heterocycles. The summed E-state index contributed by atoms with van der Waals surface area (Å²) in [4.78, 5) is 2.93. The molecule has 1 aliphatic heterocycles. The van der Waals surface area contributed by atoms with Crippen LogP contribution in [0.3, 0.4) is 0 Å². The molecule has 3 fully saturated rings. The lowest BCUT2D eigenvalue weighted by atomic mass is 9.69. The zero-order valence-electron chi connectivity index (χ0n) is 12.3. The van der Waals surface area contributed by atoms with E-state index in [1.807, 2.05) is 0 Å². The SMILES string of the molecule is CC(C)C1CC(N2CCNCC23CCCCC3)C1. The number of piperazine rings is 1. The van der Waals surface area contributed by atoms with Gasteiger partial charge < -0.3 is 5.32 Å². The maximum absolute atomic E-state index is 3.67. The van der Waals surface area contributed by atoms with E-state index in [4.69, 9.17) is 0 Å². The molecule has 0 aromatic heterocycles. The van der Waals surface area contributed by atoms with E-state index >= 15 is 0 Å². The predicted molar refractivity (Wildman–Crippen MR) is 76.7 cm³/mol. The highest BCUT2D eigenvalue weighted by atomic mass is 15.3. The molecule has 2 heteroatoms. The van der Waals surface area contributed by atoms with Crippen molar-refractivity contribution in [3.05, 3.63) is 0 Å². The van der Waals surface area contributed by atoms with Crippen molar-refractivity contribution in [3.63, 3.8) is 0 Å². The van der Waals surface area contributed by atoms with Crippen molar-refractivity contribution < 1.29 is 0 Å². The fourth-order valence-corrected chi connectivity index (χ4v) is 4.53. The van der Waals surface area contributed by atoms with Gasteiger partial charge in [0.1, 0.15) is 0 Å². The lowest BCUT2D eigenvalue weighted by Gasteiger charge is -2.57. The van der Waals surface area contributed by atoms with Gasteiger partial charge in [-0.25, -0.2) is 0 Å². The van der Waals surface area contributed by atoms with Crippen LogP contribution >= 0.6 is 0 Å². The largest absolute Gasteiger partial charge is 0.314 e. The van der Waals surface area contributed by atoms with Crippen molar-refractivity contribution in [1.29, 1.82) is 0 Å². The van der Waals surface area contributed by atoms with Crippen molar-refractivity contribution in [2.45, 2.75) is 70.4 Å². The smallest absolute Gasteiger partial charge is 0.0337 e. The topological polar surface area (TPSA) is 15.3 Å². The first kappa shape index (κ1) is 12.9. The minimum atomic E-state index is 0.545. The fourth-order valence-electron chi connectivity index (χ4n) is 4.53. The summed E-state index contributed by atoms with van der Waals surface area (Å²) < 4.78 is 0. The van der Waals surface area contributed by atoms with Gasteiger partial charge in [0.15, 0.2) is 0 Å². The summed E-state index contributed by atoms with van der Waals surface area (Å²) in [6.45, 7) is 8.57. The standard InChI is InChI=1S/C16H30N2/c1-13(2)14-10-15(11-14)18-9-8-17-12-16(18)6-4-3-5-7-16/h13-15,17H,3-12H2,1-2H3. The van der Waals surface area contributed by atoms with Crippen molar-refractivity contribution in [1.82, 2.24) is 10.2 Å². The lowest BCUT2D eigenvalue weighted by molar-refractivity contribution is -0.0571. The van der Waals surface area contributed by atoms with Crippen molar-refractivity contribution in [2.24, 2.45) is 11.8 Å². The normalized spacial score (nSPS) is 36.8. The average Bonchev–Trinajstić information content (AvgIpc) is 2.30. The Hall–Kier alpha value is -0.0800. The minimum Gasteiger partial charge on any atom is -0.314 e. The first-order valence-electron chi connectivity index (χ1n) is 8.19. The highest BCUT2D eigenvalue weighted by Gasteiger charge is 2.46. The molecule has 0 amide bonds. The second-order valence-corrected chi connectivity index (χ2v) is 7.28. The maximum atomic E-state index is 3.67. The molecule has 3 rings (SSSR count). The molecular weight excluding hydrogens is 220 g/mol. The minimum absolute atomic E-state index is 0.545. The molecule has 0 radical (unpaired) electrons. The van der Waals surface area contributed by atoms with Gasteiger partial charge in [-0.2, -0.15) is 0 Å². The number of nitrogens with one attached hydrogen (secondary N) is 1. The number of rotatable bonds is 2. The molecule has 0 bridgehead atoms. The van der Waals surface area contributed by atoms with Crippen molar-refractivity contribution in [2.75, 3.05) is 19.6 Å². The quantitative estimate of drug-likeness (QED) is 0.810. The van der Waals surface area contributed by atoms with Crippen LogP contribution in [0, 0.1) is 11.8 Å². The molecule has 2 saturated carbocycles. The van der Waals surface area contributed by atoms with E-state index in [1.165, 1.54) is 64.6 Å². The Morgan fingerprint density at radius 3 is 2.50 bits per heavy atom. The summed E-state index contributed by atoms with van der Waals surface area (Å²) in [5.74, 6) is 1.90. The Morgan fingerprint density at radius 1 is 1.11 bits per heavy atom. The third kappa shape index (κ3) is 2.22. The molecule has 1 spiro atoms. The Kier molecular flexibility index (Phi) is 3.68. The second-order valence-electron chi connectivity index (χ2n) is 7.28. The van der Waals surface area contributed by atoms with Gasteiger partial charge in [-0.15, -0.1) is 0 Å². The van der Waals surface area contributed by atoms with Crippen LogP contribution in [-0.2, 0) is 0 Å². The van der Waals surface area contributed by atoms with Gasteiger partial charge in [0.2, 0.25) is 0 Å². The number of hydrogen-bond donors (Lipinski definition) is 1. The average molecular weight is 250 g/mol. The third-order valence-corrected chi connectivity index (χ3v) is 5.91. The molecule has 18 heavy (non-hydrogen) atoms. The number of hydrogen-bond acceptors (Lipinski definition) is 2. The van der Waals surface area contributed by atoms with Gasteiger partial charge >= 0.3 is 0 Å². The van der Waals surface area contributed by atoms with E-state index < -0.39 is 0 Å². The van der Waals surface area contributed by atoms with E-state index in [9.17, 15) is 0 Å². The third-order valence-electron chi connectivity index (χ3n) is 5.91. The van der Waals surface area contributed by atoms with Gasteiger partial charge in [-0.1, -0.05) is 33.1 Å². The van der Waals surface area contributed by atoms with Crippen LogP contribution < -0.4 is 5.32 Å². The Bertz CT molecular complexity index is 267. The van der Waals surface area contributed by atoms with Crippen LogP contribution in [0.4, 0.5) is 0 Å². The lowest BCUT2D eigenvalue weighted by Crippen LogP contribution is -2.66. The zero-order valence-corrected chi connectivity index (χ0v) is 12.3. The van der Waals surface area contributed by atoms with Crippen LogP contribution in [0.15, 0.2) is 0 Å². The molecule has 0 aromatic carbocycles. The van der Waals surface area contributed by atoms with E-state index in [2.05, 4.69) is 24.1 Å².